The average molecular weight is 373 g/mol. The van der Waals surface area contributed by atoms with Gasteiger partial charge in [0.05, 0.1) is 5.52 Å². The maximum absolute atomic E-state index is 4.28. The molecule has 4 aromatic carbocycles. The topological polar surface area (TPSA) is 4.93 Å². The van der Waals surface area contributed by atoms with Crippen molar-refractivity contribution in [3.63, 3.8) is 0 Å². The van der Waals surface area contributed by atoms with Crippen molar-refractivity contribution in [1.82, 2.24) is 4.57 Å². The van der Waals surface area contributed by atoms with Gasteiger partial charge in [0.1, 0.15) is 0 Å². The third-order valence-electron chi connectivity index (χ3n) is 5.73. The molecule has 1 nitrogen and oxygen atoms in total. The average Bonchev–Trinajstić information content (AvgIpc) is 3.05. The molecule has 0 saturated carbocycles. The number of nitrogens with zero attached hydrogens (tertiary/aromatic N) is 1. The minimum Gasteiger partial charge on any atom is -0.313 e. The van der Waals surface area contributed by atoms with Crippen LogP contribution in [0.5, 0.6) is 0 Å². The van der Waals surface area contributed by atoms with Gasteiger partial charge in [-0.15, -0.1) is 0 Å². The highest BCUT2D eigenvalue weighted by atomic mass is 15.0. The first-order chi connectivity index (χ1) is 14.1. The van der Waals surface area contributed by atoms with Gasteiger partial charge in [-0.25, -0.2) is 0 Å². The molecule has 0 atom stereocenters. The van der Waals surface area contributed by atoms with Crippen LogP contribution < -0.4 is 0 Å². The molecule has 0 aliphatic rings. The van der Waals surface area contributed by atoms with E-state index in [1.165, 1.54) is 49.7 Å². The van der Waals surface area contributed by atoms with E-state index in [-0.39, 0.29) is 0 Å². The van der Waals surface area contributed by atoms with E-state index in [9.17, 15) is 0 Å². The number of rotatable bonds is 3. The van der Waals surface area contributed by atoms with Crippen molar-refractivity contribution in [1.29, 1.82) is 0 Å². The largest absolute Gasteiger partial charge is 0.313 e. The highest BCUT2D eigenvalue weighted by Gasteiger charge is 2.17. The van der Waals surface area contributed by atoms with Crippen molar-refractivity contribution >= 4 is 27.2 Å². The van der Waals surface area contributed by atoms with Gasteiger partial charge in [0.15, 0.2) is 0 Å². The van der Waals surface area contributed by atoms with Gasteiger partial charge < -0.3 is 4.57 Å². The van der Waals surface area contributed by atoms with E-state index in [2.05, 4.69) is 116 Å². The molecular formula is C28H23N. The zero-order chi connectivity index (χ0) is 20.0. The van der Waals surface area contributed by atoms with Gasteiger partial charge >= 0.3 is 0 Å². The Balaban J connectivity index is 1.79. The quantitative estimate of drug-likeness (QED) is 0.304. The smallest absolute Gasteiger partial charge is 0.0538 e. The Morgan fingerprint density at radius 3 is 2.21 bits per heavy atom. The van der Waals surface area contributed by atoms with Crippen LogP contribution in [-0.2, 0) is 0 Å². The SMILES string of the molecule is C=C(C)c1c(C)n(-c2ccc3ccccc3c2)c2ccc(-c3ccccc3)cc12. The Labute approximate surface area is 171 Å². The summed E-state index contributed by atoms with van der Waals surface area (Å²) in [5.74, 6) is 0. The molecule has 5 aromatic rings. The van der Waals surface area contributed by atoms with Gasteiger partial charge in [-0.3, -0.25) is 0 Å². The number of fused-ring (bicyclic) bond motifs is 2. The molecule has 0 amide bonds. The molecule has 0 bridgehead atoms. The number of benzene rings is 4. The summed E-state index contributed by atoms with van der Waals surface area (Å²) in [5.41, 5.74) is 8.44. The van der Waals surface area contributed by atoms with Crippen LogP contribution in [0.3, 0.4) is 0 Å². The summed E-state index contributed by atoms with van der Waals surface area (Å²) in [4.78, 5) is 0. The van der Waals surface area contributed by atoms with Crippen LogP contribution in [-0.4, -0.2) is 4.57 Å². The molecule has 0 saturated heterocycles. The predicted octanol–water partition coefficient (Wildman–Crippen LogP) is 7.79. The first-order valence-corrected chi connectivity index (χ1v) is 9.99. The van der Waals surface area contributed by atoms with E-state index in [0.29, 0.717) is 0 Å². The fourth-order valence-corrected chi connectivity index (χ4v) is 4.42. The summed E-state index contributed by atoms with van der Waals surface area (Å²) in [5, 5.41) is 3.77. The molecule has 0 fully saturated rings. The number of allylic oxidation sites excluding steroid dienone is 1. The maximum atomic E-state index is 4.28. The van der Waals surface area contributed by atoms with Gasteiger partial charge in [-0.2, -0.15) is 0 Å². The minimum atomic E-state index is 1.09. The molecule has 0 aliphatic carbocycles. The fraction of sp³-hybridized carbons (Fsp3) is 0.0714. The molecule has 0 unspecified atom stereocenters. The van der Waals surface area contributed by atoms with Crippen molar-refractivity contribution in [3.8, 4) is 16.8 Å². The normalized spacial score (nSPS) is 11.2. The molecule has 0 spiro atoms. The predicted molar refractivity (Wildman–Crippen MR) is 126 cm³/mol. The van der Waals surface area contributed by atoms with Crippen molar-refractivity contribution in [2.24, 2.45) is 0 Å². The maximum Gasteiger partial charge on any atom is 0.0538 e. The lowest BCUT2D eigenvalue weighted by Gasteiger charge is -2.11. The first-order valence-electron chi connectivity index (χ1n) is 9.99. The lowest BCUT2D eigenvalue weighted by atomic mass is 10.00. The van der Waals surface area contributed by atoms with Gasteiger partial charge in [-0.05, 0) is 65.6 Å². The second-order valence-electron chi connectivity index (χ2n) is 7.71. The van der Waals surface area contributed by atoms with E-state index in [1.807, 2.05) is 0 Å². The summed E-state index contributed by atoms with van der Waals surface area (Å²) in [6, 6.07) is 32.5. The molecule has 0 N–H and O–H groups in total. The van der Waals surface area contributed by atoms with Gasteiger partial charge in [-0.1, -0.05) is 73.3 Å². The summed E-state index contributed by atoms with van der Waals surface area (Å²) in [7, 11) is 0. The number of hydrogen-bond donors (Lipinski definition) is 0. The molecule has 1 aromatic heterocycles. The van der Waals surface area contributed by atoms with Crippen molar-refractivity contribution in [2.75, 3.05) is 0 Å². The number of aromatic nitrogens is 1. The van der Waals surface area contributed by atoms with Crippen LogP contribution in [0.1, 0.15) is 18.2 Å². The molecule has 5 rings (SSSR count). The van der Waals surface area contributed by atoms with Crippen molar-refractivity contribution in [2.45, 2.75) is 13.8 Å². The van der Waals surface area contributed by atoms with E-state index < -0.39 is 0 Å². The van der Waals surface area contributed by atoms with Crippen LogP contribution in [0.4, 0.5) is 0 Å². The van der Waals surface area contributed by atoms with Gasteiger partial charge in [0.25, 0.3) is 0 Å². The first kappa shape index (κ1) is 17.5. The van der Waals surface area contributed by atoms with Crippen molar-refractivity contribution in [3.05, 3.63) is 109 Å². The minimum absolute atomic E-state index is 1.09. The summed E-state index contributed by atoms with van der Waals surface area (Å²) < 4.78 is 2.36. The lowest BCUT2D eigenvalue weighted by molar-refractivity contribution is 1.05. The van der Waals surface area contributed by atoms with Crippen LogP contribution in [0.15, 0.2) is 97.6 Å². The molecule has 0 aliphatic heterocycles. The molecule has 29 heavy (non-hydrogen) atoms. The molecule has 0 radical (unpaired) electrons. The van der Waals surface area contributed by atoms with Crippen LogP contribution in [0.25, 0.3) is 44.1 Å². The molecule has 140 valence electrons. The van der Waals surface area contributed by atoms with E-state index in [1.54, 1.807) is 0 Å². The summed E-state index contributed by atoms with van der Waals surface area (Å²) >= 11 is 0. The van der Waals surface area contributed by atoms with Gasteiger partial charge in [0, 0.05) is 22.3 Å². The van der Waals surface area contributed by atoms with Gasteiger partial charge in [0.2, 0.25) is 0 Å². The Bertz CT molecular complexity index is 1370. The van der Waals surface area contributed by atoms with Crippen LogP contribution in [0.2, 0.25) is 0 Å². The summed E-state index contributed by atoms with van der Waals surface area (Å²) in [6.45, 7) is 8.58. The second-order valence-corrected chi connectivity index (χ2v) is 7.71. The van der Waals surface area contributed by atoms with Crippen LogP contribution >= 0.6 is 0 Å². The third kappa shape index (κ3) is 2.87. The van der Waals surface area contributed by atoms with Crippen LogP contribution in [0, 0.1) is 6.92 Å². The molecule has 1 heterocycles. The Hall–Kier alpha value is -3.58. The van der Waals surface area contributed by atoms with E-state index in [4.69, 9.17) is 0 Å². The summed E-state index contributed by atoms with van der Waals surface area (Å²) in [6.07, 6.45) is 0. The highest BCUT2D eigenvalue weighted by molar-refractivity contribution is 5.98. The monoisotopic (exact) mass is 373 g/mol. The molecule has 1 heteroatoms. The number of hydrogen-bond acceptors (Lipinski definition) is 0. The molecular weight excluding hydrogens is 350 g/mol. The zero-order valence-electron chi connectivity index (χ0n) is 16.8. The Morgan fingerprint density at radius 1 is 0.724 bits per heavy atom. The Morgan fingerprint density at radius 2 is 1.45 bits per heavy atom. The van der Waals surface area contributed by atoms with Crippen molar-refractivity contribution < 1.29 is 0 Å². The van der Waals surface area contributed by atoms with E-state index >= 15 is 0 Å². The fourth-order valence-electron chi connectivity index (χ4n) is 4.42. The van der Waals surface area contributed by atoms with E-state index in [0.717, 1.165) is 5.57 Å². The second kappa shape index (κ2) is 6.79. The third-order valence-corrected chi connectivity index (χ3v) is 5.73. The lowest BCUT2D eigenvalue weighted by Crippen LogP contribution is -1.97. The zero-order valence-corrected chi connectivity index (χ0v) is 16.8. The Kier molecular flexibility index (Phi) is 4.10. The highest BCUT2D eigenvalue weighted by Crippen LogP contribution is 2.36. The standard InChI is InChI=1S/C28H23N/c1-19(2)28-20(3)29(25-15-13-22-11-7-8-12-23(22)17-25)27-16-14-24(18-26(27)28)21-9-5-4-6-10-21/h4-18H,1H2,2-3H3.